The Kier molecular flexibility index (Phi) is 5.63. The van der Waals surface area contributed by atoms with Gasteiger partial charge in [0.25, 0.3) is 0 Å². The van der Waals surface area contributed by atoms with Crippen molar-refractivity contribution in [3.05, 3.63) is 82.9 Å². The van der Waals surface area contributed by atoms with Crippen molar-refractivity contribution in [2.75, 3.05) is 17.7 Å². The predicted molar refractivity (Wildman–Crippen MR) is 115 cm³/mol. The lowest BCUT2D eigenvalue weighted by Gasteiger charge is -2.31. The molecule has 0 saturated carbocycles. The maximum absolute atomic E-state index is 12.7. The van der Waals surface area contributed by atoms with Crippen LogP contribution in [0.25, 0.3) is 0 Å². The average Bonchev–Trinajstić information content (AvgIpc) is 3.13. The summed E-state index contributed by atoms with van der Waals surface area (Å²) in [5.74, 6) is 0. The minimum Gasteiger partial charge on any atom is -0.364 e. The number of rotatable bonds is 5. The van der Waals surface area contributed by atoms with Gasteiger partial charge in [-0.2, -0.15) is 4.31 Å². The van der Waals surface area contributed by atoms with Crippen molar-refractivity contribution in [1.29, 1.82) is 0 Å². The molecule has 0 fully saturated rings. The number of sulfonamides is 1. The number of nitrogens with zero attached hydrogens (tertiary/aromatic N) is 3. The van der Waals surface area contributed by atoms with Gasteiger partial charge in [-0.3, -0.25) is 0 Å². The van der Waals surface area contributed by atoms with Crippen LogP contribution >= 0.6 is 11.6 Å². The van der Waals surface area contributed by atoms with Crippen molar-refractivity contribution < 1.29 is 8.42 Å². The number of H-pyrrole nitrogens is 1. The first kappa shape index (κ1) is 19.9. The molecule has 3 aromatic rings. The summed E-state index contributed by atoms with van der Waals surface area (Å²) in [7, 11) is -3.42. The molecule has 1 aliphatic rings. The number of aromatic nitrogens is 2. The van der Waals surface area contributed by atoms with Crippen molar-refractivity contribution >= 4 is 27.3 Å². The molecule has 152 valence electrons. The Balaban J connectivity index is 1.75. The number of imidazole rings is 1. The summed E-state index contributed by atoms with van der Waals surface area (Å²) < 4.78 is 27.0. The zero-order valence-electron chi connectivity index (χ0n) is 16.1. The van der Waals surface area contributed by atoms with Gasteiger partial charge >= 0.3 is 0 Å². The molecule has 8 heteroatoms. The molecule has 0 amide bonds. The number of halogens is 1. The molecule has 4 rings (SSSR count). The minimum absolute atomic E-state index is 0.207. The second-order valence-electron chi connectivity index (χ2n) is 7.38. The third kappa shape index (κ3) is 4.63. The normalized spacial score (nSPS) is 17.7. The number of hydrogen-bond donors (Lipinski definition) is 1. The molecule has 1 N–H and O–H groups in total. The van der Waals surface area contributed by atoms with Crippen LogP contribution in [0.15, 0.2) is 61.1 Å². The zero-order chi connectivity index (χ0) is 20.4. The van der Waals surface area contributed by atoms with Gasteiger partial charge in [0.2, 0.25) is 10.0 Å². The monoisotopic (exact) mass is 430 g/mol. The number of nitrogens with one attached hydrogen (secondary N) is 1. The summed E-state index contributed by atoms with van der Waals surface area (Å²) in [5, 5.41) is 0.597. The smallest absolute Gasteiger partial charge is 0.211 e. The Labute approximate surface area is 176 Å². The average molecular weight is 431 g/mol. The Morgan fingerprint density at radius 1 is 1.21 bits per heavy atom. The van der Waals surface area contributed by atoms with Crippen LogP contribution in [-0.4, -0.2) is 41.5 Å². The molecular weight excluding hydrogens is 408 g/mol. The van der Waals surface area contributed by atoms with E-state index in [1.54, 1.807) is 16.8 Å². The quantitative estimate of drug-likeness (QED) is 0.673. The Bertz CT molecular complexity index is 1070. The lowest BCUT2D eigenvalue weighted by molar-refractivity contribution is 0.320. The van der Waals surface area contributed by atoms with Crippen LogP contribution in [0.2, 0.25) is 5.02 Å². The summed E-state index contributed by atoms with van der Waals surface area (Å²) in [4.78, 5) is 9.46. The fraction of sp³-hybridized carbons (Fsp3) is 0.286. The van der Waals surface area contributed by atoms with Crippen LogP contribution in [0.5, 0.6) is 0 Å². The number of benzene rings is 2. The van der Waals surface area contributed by atoms with Crippen LogP contribution in [-0.2, 0) is 29.5 Å². The van der Waals surface area contributed by atoms with E-state index in [2.05, 4.69) is 14.9 Å². The van der Waals surface area contributed by atoms with Gasteiger partial charge in [0.05, 0.1) is 24.8 Å². The summed E-state index contributed by atoms with van der Waals surface area (Å²) >= 11 is 6.25. The fourth-order valence-corrected chi connectivity index (χ4v) is 5.15. The van der Waals surface area contributed by atoms with Gasteiger partial charge in [-0.25, -0.2) is 13.4 Å². The van der Waals surface area contributed by atoms with Gasteiger partial charge in [0.15, 0.2) is 0 Å². The van der Waals surface area contributed by atoms with E-state index in [9.17, 15) is 8.42 Å². The molecule has 29 heavy (non-hydrogen) atoms. The molecule has 0 unspecified atom stereocenters. The summed E-state index contributed by atoms with van der Waals surface area (Å²) in [6.45, 7) is 1.47. The van der Waals surface area contributed by atoms with Crippen LogP contribution in [0.1, 0.15) is 16.8 Å². The second-order valence-corrected chi connectivity index (χ2v) is 9.75. The van der Waals surface area contributed by atoms with Crippen molar-refractivity contribution in [2.24, 2.45) is 0 Å². The molecule has 0 saturated heterocycles. The molecule has 6 nitrogen and oxygen atoms in total. The van der Waals surface area contributed by atoms with Crippen molar-refractivity contribution in [2.45, 2.75) is 25.6 Å². The molecule has 0 radical (unpaired) electrons. The highest BCUT2D eigenvalue weighted by Gasteiger charge is 2.33. The number of hydrogen-bond acceptors (Lipinski definition) is 4. The van der Waals surface area contributed by atoms with Crippen molar-refractivity contribution in [1.82, 2.24) is 14.3 Å². The Morgan fingerprint density at radius 3 is 2.69 bits per heavy atom. The van der Waals surface area contributed by atoms with E-state index in [1.807, 2.05) is 48.5 Å². The predicted octanol–water partition coefficient (Wildman–Crippen LogP) is 3.46. The van der Waals surface area contributed by atoms with Crippen LogP contribution in [0.4, 0.5) is 5.69 Å². The third-order valence-electron chi connectivity index (χ3n) is 5.20. The highest BCUT2D eigenvalue weighted by atomic mass is 35.5. The highest BCUT2D eigenvalue weighted by molar-refractivity contribution is 7.88. The molecule has 0 aliphatic carbocycles. The van der Waals surface area contributed by atoms with Gasteiger partial charge < -0.3 is 9.88 Å². The van der Waals surface area contributed by atoms with Gasteiger partial charge in [0, 0.05) is 36.0 Å². The van der Waals surface area contributed by atoms with Crippen LogP contribution in [0, 0.1) is 0 Å². The highest BCUT2D eigenvalue weighted by Crippen LogP contribution is 2.32. The molecule has 1 atom stereocenters. The van der Waals surface area contributed by atoms with Gasteiger partial charge in [0.1, 0.15) is 0 Å². The lowest BCUT2D eigenvalue weighted by atomic mass is 10.1. The maximum Gasteiger partial charge on any atom is 0.211 e. The summed E-state index contributed by atoms with van der Waals surface area (Å²) in [6, 6.07) is 15.5. The molecule has 2 heterocycles. The molecule has 1 aromatic heterocycles. The maximum atomic E-state index is 12.7. The van der Waals surface area contributed by atoms with Crippen molar-refractivity contribution in [3.8, 4) is 0 Å². The molecule has 0 bridgehead atoms. The number of anilines is 1. The van der Waals surface area contributed by atoms with E-state index < -0.39 is 10.0 Å². The molecule has 1 aliphatic heterocycles. The van der Waals surface area contributed by atoms with Crippen LogP contribution in [0.3, 0.4) is 0 Å². The van der Waals surface area contributed by atoms with E-state index in [0.717, 1.165) is 22.5 Å². The van der Waals surface area contributed by atoms with E-state index in [4.69, 9.17) is 11.6 Å². The van der Waals surface area contributed by atoms with E-state index >= 15 is 0 Å². The number of fused-ring (bicyclic) bond motifs is 1. The van der Waals surface area contributed by atoms with Crippen LogP contribution < -0.4 is 4.90 Å². The summed E-state index contributed by atoms with van der Waals surface area (Å²) in [6.07, 6.45) is 5.36. The van der Waals surface area contributed by atoms with Crippen molar-refractivity contribution in [3.63, 3.8) is 0 Å². The fourth-order valence-electron chi connectivity index (χ4n) is 3.90. The first-order valence-electron chi connectivity index (χ1n) is 9.41. The Hall–Kier alpha value is -2.35. The second kappa shape index (κ2) is 8.18. The van der Waals surface area contributed by atoms with E-state index in [0.29, 0.717) is 31.1 Å². The molecular formula is C21H23ClN4O2S. The van der Waals surface area contributed by atoms with Gasteiger partial charge in [-0.15, -0.1) is 0 Å². The number of aromatic amines is 1. The zero-order valence-corrected chi connectivity index (χ0v) is 17.7. The SMILES string of the molecule is CS(=O)(=O)N1Cc2cc(Cl)ccc2N(Cc2cnc[nH]2)C[C@H]1Cc1ccccc1. The third-order valence-corrected chi connectivity index (χ3v) is 6.72. The largest absolute Gasteiger partial charge is 0.364 e. The standard InChI is InChI=1S/C21H23ClN4O2S/c1-29(27,28)26-12-17-10-18(22)7-8-21(17)25(13-19-11-23-15-24-19)14-20(26)9-16-5-3-2-4-6-16/h2-8,10-11,15,20H,9,12-14H2,1H3,(H,23,24)/t20-/m1/s1. The topological polar surface area (TPSA) is 69.3 Å². The molecule has 0 spiro atoms. The first-order valence-corrected chi connectivity index (χ1v) is 11.6. The Morgan fingerprint density at radius 2 is 2.00 bits per heavy atom. The van der Waals surface area contributed by atoms with Gasteiger partial charge in [-0.05, 0) is 35.7 Å². The lowest BCUT2D eigenvalue weighted by Crippen LogP contribution is -2.45. The first-order chi connectivity index (χ1) is 13.9. The van der Waals surface area contributed by atoms with E-state index in [1.165, 1.54) is 6.26 Å². The summed E-state index contributed by atoms with van der Waals surface area (Å²) in [5.41, 5.74) is 3.97. The van der Waals surface area contributed by atoms with E-state index in [-0.39, 0.29) is 6.04 Å². The minimum atomic E-state index is -3.42. The van der Waals surface area contributed by atoms with Gasteiger partial charge in [-0.1, -0.05) is 41.9 Å². The molecule has 2 aromatic carbocycles.